The average molecular weight is 311 g/mol. The fourth-order valence-corrected chi connectivity index (χ4v) is 4.12. The number of rotatable bonds is 1. The topological polar surface area (TPSA) is 113 Å². The van der Waals surface area contributed by atoms with E-state index in [1.807, 2.05) is 6.92 Å². The van der Waals surface area contributed by atoms with Gasteiger partial charge in [0.1, 0.15) is 19.5 Å². The minimum Gasteiger partial charge on any atom is -0.619 e. The first-order valence-corrected chi connectivity index (χ1v) is 7.55. The minimum atomic E-state index is -1.51. The molecule has 0 radical (unpaired) electrons. The lowest BCUT2D eigenvalue weighted by Gasteiger charge is -2.35. The third kappa shape index (κ3) is 1.61. The average Bonchev–Trinajstić information content (AvgIpc) is 2.99. The number of hydroxylamine groups is 1. The standard InChI is InChI=1S/C13H18N4O5/c1-12(15-4-6-21-7-5-15)8-13(18)10(16(12)19)3-2-9-11(13)14-22-17(9)20/h18H,2-8H2,1H3/p+1/t12-,13+/m1/s1. The molecule has 0 amide bonds. The van der Waals surface area contributed by atoms with Gasteiger partial charge in [-0.2, -0.15) is 4.74 Å². The second-order valence-corrected chi connectivity index (χ2v) is 6.49. The normalized spacial score (nSPS) is 35.5. The predicted molar refractivity (Wildman–Crippen MR) is 70.9 cm³/mol. The molecule has 1 saturated heterocycles. The van der Waals surface area contributed by atoms with Crippen LogP contribution in [0.2, 0.25) is 0 Å². The molecule has 1 aliphatic carbocycles. The maximum atomic E-state index is 12.9. The van der Waals surface area contributed by atoms with Crippen LogP contribution in [0.15, 0.2) is 4.63 Å². The van der Waals surface area contributed by atoms with Crippen molar-refractivity contribution in [3.63, 3.8) is 0 Å². The fraction of sp³-hybridized carbons (Fsp3) is 0.769. The summed E-state index contributed by atoms with van der Waals surface area (Å²) in [7, 11) is 0. The molecule has 0 saturated carbocycles. The molecule has 0 spiro atoms. The number of fused-ring (bicyclic) bond motifs is 3. The Hall–Kier alpha value is -1.71. The molecule has 3 heterocycles. The van der Waals surface area contributed by atoms with Crippen molar-refractivity contribution in [3.8, 4) is 0 Å². The molecule has 2 atom stereocenters. The SMILES string of the molecule is C[C@]1([NH+]2CCOCC2)C[C@]2(O)C(=[N+]1[O-])CCc1c2no[n+]1[O-]. The molecule has 9 heteroatoms. The van der Waals surface area contributed by atoms with E-state index >= 15 is 0 Å². The van der Waals surface area contributed by atoms with Crippen molar-refractivity contribution in [2.24, 2.45) is 0 Å². The number of morpholine rings is 1. The van der Waals surface area contributed by atoms with Gasteiger partial charge < -0.3 is 20.3 Å². The zero-order valence-corrected chi connectivity index (χ0v) is 12.4. The number of ether oxygens (including phenoxy) is 1. The number of nitrogens with zero attached hydrogens (tertiary/aromatic N) is 3. The van der Waals surface area contributed by atoms with E-state index in [4.69, 9.17) is 4.74 Å². The number of hydrogen-bond acceptors (Lipinski definition) is 6. The lowest BCUT2D eigenvalue weighted by Crippen LogP contribution is -3.22. The first kappa shape index (κ1) is 13.9. The monoisotopic (exact) mass is 311 g/mol. The van der Waals surface area contributed by atoms with Crippen molar-refractivity contribution in [1.29, 1.82) is 0 Å². The minimum absolute atomic E-state index is 0.195. The highest BCUT2D eigenvalue weighted by molar-refractivity contribution is 5.92. The largest absolute Gasteiger partial charge is 0.619 e. The van der Waals surface area contributed by atoms with Crippen molar-refractivity contribution in [2.45, 2.75) is 37.5 Å². The summed E-state index contributed by atoms with van der Waals surface area (Å²) in [5.74, 6) is 0. The predicted octanol–water partition coefficient (Wildman–Crippen LogP) is -2.57. The second kappa shape index (κ2) is 4.40. The van der Waals surface area contributed by atoms with Gasteiger partial charge in [0.25, 0.3) is 11.4 Å². The van der Waals surface area contributed by atoms with Crippen LogP contribution in [0.25, 0.3) is 0 Å². The molecule has 0 bridgehead atoms. The van der Waals surface area contributed by atoms with Gasteiger partial charge in [-0.1, -0.05) is 0 Å². The molecule has 2 N–H and O–H groups in total. The lowest BCUT2D eigenvalue weighted by atomic mass is 9.81. The van der Waals surface area contributed by atoms with Gasteiger partial charge in [0.05, 0.1) is 20.1 Å². The third-order valence-electron chi connectivity index (χ3n) is 5.32. The zero-order chi connectivity index (χ0) is 15.5. The van der Waals surface area contributed by atoms with Crippen LogP contribution >= 0.6 is 0 Å². The molecule has 1 aromatic rings. The number of quaternary nitrogens is 1. The van der Waals surface area contributed by atoms with E-state index in [1.54, 1.807) is 0 Å². The molecule has 4 rings (SSSR count). The Labute approximate surface area is 126 Å². The summed E-state index contributed by atoms with van der Waals surface area (Å²) in [5.41, 5.74) is -1.39. The number of aromatic nitrogens is 2. The molecule has 3 aliphatic rings. The number of nitrogens with one attached hydrogen (secondary N) is 1. The Kier molecular flexibility index (Phi) is 2.78. The Morgan fingerprint density at radius 3 is 2.73 bits per heavy atom. The quantitative estimate of drug-likeness (QED) is 0.435. The van der Waals surface area contributed by atoms with Gasteiger partial charge in [0.2, 0.25) is 17.0 Å². The zero-order valence-electron chi connectivity index (χ0n) is 12.4. The lowest BCUT2D eigenvalue weighted by molar-refractivity contribution is -1.04. The van der Waals surface area contributed by atoms with E-state index in [0.29, 0.717) is 55.5 Å². The summed E-state index contributed by atoms with van der Waals surface area (Å²) in [5, 5.41) is 39.3. The van der Waals surface area contributed by atoms with Crippen LogP contribution in [0, 0.1) is 10.4 Å². The van der Waals surface area contributed by atoms with Gasteiger partial charge >= 0.3 is 0 Å². The van der Waals surface area contributed by atoms with Crippen molar-refractivity contribution >= 4 is 5.71 Å². The first-order valence-electron chi connectivity index (χ1n) is 7.55. The molecule has 0 unspecified atom stereocenters. The van der Waals surface area contributed by atoms with Crippen LogP contribution in [0.3, 0.4) is 0 Å². The Morgan fingerprint density at radius 2 is 2.00 bits per heavy atom. The van der Waals surface area contributed by atoms with Crippen molar-refractivity contribution in [2.75, 3.05) is 26.3 Å². The van der Waals surface area contributed by atoms with Gasteiger partial charge in [-0.15, -0.1) is 0 Å². The van der Waals surface area contributed by atoms with Crippen molar-refractivity contribution in [3.05, 3.63) is 21.8 Å². The van der Waals surface area contributed by atoms with Crippen molar-refractivity contribution in [1.82, 2.24) is 5.16 Å². The van der Waals surface area contributed by atoms with Gasteiger partial charge in [-0.25, -0.2) is 0 Å². The maximum absolute atomic E-state index is 12.9. The smallest absolute Gasteiger partial charge is 0.298 e. The van der Waals surface area contributed by atoms with Crippen LogP contribution in [0.4, 0.5) is 0 Å². The molecule has 22 heavy (non-hydrogen) atoms. The van der Waals surface area contributed by atoms with Crippen LogP contribution in [-0.2, 0) is 16.8 Å². The molecule has 9 nitrogen and oxygen atoms in total. The van der Waals surface area contributed by atoms with Gasteiger partial charge in [0, 0.05) is 18.0 Å². The second-order valence-electron chi connectivity index (χ2n) is 6.49. The van der Waals surface area contributed by atoms with E-state index in [2.05, 4.69) is 9.79 Å². The van der Waals surface area contributed by atoms with Crippen LogP contribution < -0.4 is 9.80 Å². The van der Waals surface area contributed by atoms with E-state index in [-0.39, 0.29) is 12.1 Å². The molecule has 1 fully saturated rings. The van der Waals surface area contributed by atoms with E-state index < -0.39 is 11.3 Å². The van der Waals surface area contributed by atoms with Gasteiger partial charge in [-0.05, 0) is 4.90 Å². The van der Waals surface area contributed by atoms with E-state index in [9.17, 15) is 15.5 Å². The Balaban J connectivity index is 1.78. The van der Waals surface area contributed by atoms with Crippen LogP contribution in [-0.4, -0.2) is 52.7 Å². The molecule has 1 aromatic heterocycles. The van der Waals surface area contributed by atoms with Crippen LogP contribution in [0.1, 0.15) is 31.2 Å². The maximum Gasteiger partial charge on any atom is 0.298 e. The molecular formula is C13H19N4O5+. The third-order valence-corrected chi connectivity index (χ3v) is 5.32. The highest BCUT2D eigenvalue weighted by Crippen LogP contribution is 2.41. The van der Waals surface area contributed by atoms with E-state index in [1.165, 1.54) is 0 Å². The molecule has 0 aromatic carbocycles. The fourth-order valence-electron chi connectivity index (χ4n) is 4.12. The summed E-state index contributed by atoms with van der Waals surface area (Å²) in [4.78, 5) is 1.42. The first-order chi connectivity index (χ1) is 10.5. The summed E-state index contributed by atoms with van der Waals surface area (Å²) in [6, 6.07) is 0. The van der Waals surface area contributed by atoms with Gasteiger partial charge in [0.15, 0.2) is 0 Å². The number of aliphatic hydroxyl groups is 1. The summed E-state index contributed by atoms with van der Waals surface area (Å²) in [6.45, 7) is 4.48. The number of hydrogen-bond donors (Lipinski definition) is 2. The van der Waals surface area contributed by atoms with Crippen LogP contribution in [0.5, 0.6) is 0 Å². The Morgan fingerprint density at radius 1 is 1.27 bits per heavy atom. The summed E-state index contributed by atoms with van der Waals surface area (Å²) < 4.78 is 10.9. The molecule has 120 valence electrons. The highest BCUT2D eigenvalue weighted by Gasteiger charge is 2.67. The highest BCUT2D eigenvalue weighted by atomic mass is 16.8. The van der Waals surface area contributed by atoms with Gasteiger partial charge in [-0.3, -0.25) is 9.53 Å². The summed E-state index contributed by atoms with van der Waals surface area (Å²) >= 11 is 0. The molecular weight excluding hydrogens is 292 g/mol. The van der Waals surface area contributed by atoms with E-state index in [0.717, 1.165) is 9.64 Å². The summed E-state index contributed by atoms with van der Waals surface area (Å²) in [6.07, 6.45) is 0.900. The Bertz CT molecular complexity index is 653. The molecule has 2 aliphatic heterocycles. The van der Waals surface area contributed by atoms with Crippen molar-refractivity contribution < 1.29 is 29.0 Å².